The summed E-state index contributed by atoms with van der Waals surface area (Å²) >= 11 is 0. The number of rotatable bonds is 8. The van der Waals surface area contributed by atoms with Gasteiger partial charge < -0.3 is 29.5 Å². The number of nitrogens with zero attached hydrogens (tertiary/aromatic N) is 5. The van der Waals surface area contributed by atoms with Crippen LogP contribution in [0.3, 0.4) is 0 Å². The average molecular weight is 545 g/mol. The number of carbonyl (C=O) groups excluding carboxylic acids is 1. The van der Waals surface area contributed by atoms with Crippen molar-refractivity contribution in [1.82, 2.24) is 24.9 Å². The van der Waals surface area contributed by atoms with Gasteiger partial charge in [0.1, 0.15) is 17.2 Å². The predicted octanol–water partition coefficient (Wildman–Crippen LogP) is 4.37. The lowest BCUT2D eigenvalue weighted by atomic mass is 10.1. The first-order valence-corrected chi connectivity index (χ1v) is 13.0. The van der Waals surface area contributed by atoms with Crippen LogP contribution in [-0.2, 0) is 9.47 Å². The number of hydrogen-bond donors (Lipinski definition) is 2. The molecule has 0 spiro atoms. The number of aliphatic hydroxyl groups is 1. The number of fused-ring (bicyclic) bond motifs is 1. The molecule has 1 aromatic carbocycles. The smallest absolute Gasteiger partial charge is 0.410 e. The highest BCUT2D eigenvalue weighted by Crippen LogP contribution is 2.34. The largest absolute Gasteiger partial charge is 0.467 e. The number of halogens is 1. The minimum absolute atomic E-state index is 0.00647. The van der Waals surface area contributed by atoms with E-state index < -0.39 is 17.0 Å². The van der Waals surface area contributed by atoms with Gasteiger partial charge in [0.05, 0.1) is 22.9 Å². The molecule has 3 heterocycles. The fourth-order valence-corrected chi connectivity index (χ4v) is 4.33. The SMILES string of the molecule is COCOc1ccc(F)cc1-c1cc2c(nn1)c(NCC(C)(C)O)nn2C1CCN(C(=O)OC(C)(C)C)CC1. The van der Waals surface area contributed by atoms with E-state index in [2.05, 4.69) is 15.5 Å². The molecule has 1 amide bonds. The molecule has 3 aromatic rings. The fraction of sp³-hybridized carbons (Fsp3) is 0.556. The molecule has 1 fully saturated rings. The Balaban J connectivity index is 1.69. The molecule has 4 rings (SSSR count). The number of methoxy groups -OCH3 is 1. The van der Waals surface area contributed by atoms with Crippen molar-refractivity contribution in [3.8, 4) is 17.0 Å². The number of anilines is 1. The molecular weight excluding hydrogens is 507 g/mol. The molecule has 0 unspecified atom stereocenters. The number of carbonyl (C=O) groups is 1. The van der Waals surface area contributed by atoms with Gasteiger partial charge in [0.2, 0.25) is 0 Å². The molecule has 2 aromatic heterocycles. The summed E-state index contributed by atoms with van der Waals surface area (Å²) in [4.78, 5) is 14.3. The van der Waals surface area contributed by atoms with E-state index in [1.54, 1.807) is 24.8 Å². The quantitative estimate of drug-likeness (QED) is 0.398. The summed E-state index contributed by atoms with van der Waals surface area (Å²) < 4.78 is 32.3. The van der Waals surface area contributed by atoms with E-state index in [1.807, 2.05) is 25.5 Å². The topological polar surface area (TPSA) is 124 Å². The first-order chi connectivity index (χ1) is 18.3. The number of nitrogens with one attached hydrogen (secondary N) is 1. The zero-order chi connectivity index (χ0) is 28.4. The van der Waals surface area contributed by atoms with Crippen LogP contribution >= 0.6 is 0 Å². The van der Waals surface area contributed by atoms with Crippen molar-refractivity contribution in [2.24, 2.45) is 0 Å². The van der Waals surface area contributed by atoms with Crippen molar-refractivity contribution in [2.75, 3.05) is 38.9 Å². The van der Waals surface area contributed by atoms with Crippen molar-refractivity contribution in [2.45, 2.75) is 64.7 Å². The zero-order valence-corrected chi connectivity index (χ0v) is 23.3. The molecule has 0 atom stereocenters. The summed E-state index contributed by atoms with van der Waals surface area (Å²) in [7, 11) is 1.50. The van der Waals surface area contributed by atoms with Crippen LogP contribution in [0.2, 0.25) is 0 Å². The van der Waals surface area contributed by atoms with Crippen molar-refractivity contribution >= 4 is 22.9 Å². The van der Waals surface area contributed by atoms with Crippen molar-refractivity contribution in [1.29, 1.82) is 0 Å². The van der Waals surface area contributed by atoms with Gasteiger partial charge in [-0.15, -0.1) is 10.2 Å². The maximum atomic E-state index is 14.2. The number of likely N-dealkylation sites (tertiary alicyclic amines) is 1. The number of piperidine rings is 1. The Bertz CT molecular complexity index is 1310. The van der Waals surface area contributed by atoms with Crippen molar-refractivity contribution < 1.29 is 28.5 Å². The normalized spacial score (nSPS) is 15.0. The average Bonchev–Trinajstić information content (AvgIpc) is 3.23. The predicted molar refractivity (Wildman–Crippen MR) is 144 cm³/mol. The molecule has 2 N–H and O–H groups in total. The minimum atomic E-state index is -0.975. The lowest BCUT2D eigenvalue weighted by Crippen LogP contribution is -2.42. The molecule has 39 heavy (non-hydrogen) atoms. The maximum absolute atomic E-state index is 14.2. The van der Waals surface area contributed by atoms with Gasteiger partial charge in [-0.1, -0.05) is 0 Å². The number of ether oxygens (including phenoxy) is 3. The van der Waals surface area contributed by atoms with Crippen LogP contribution in [0.25, 0.3) is 22.3 Å². The number of amides is 1. The minimum Gasteiger partial charge on any atom is -0.467 e. The third kappa shape index (κ3) is 7.12. The highest BCUT2D eigenvalue weighted by atomic mass is 19.1. The first kappa shape index (κ1) is 28.5. The zero-order valence-electron chi connectivity index (χ0n) is 23.3. The molecule has 12 heteroatoms. The van der Waals surface area contributed by atoms with Gasteiger partial charge >= 0.3 is 6.09 Å². The van der Waals surface area contributed by atoms with E-state index in [0.717, 1.165) is 0 Å². The summed E-state index contributed by atoms with van der Waals surface area (Å²) in [6, 6.07) is 5.95. The maximum Gasteiger partial charge on any atom is 0.410 e. The molecule has 0 radical (unpaired) electrons. The standard InChI is InChI=1S/C27H37FN6O5/c1-26(2,3)39-25(35)33-11-9-18(10-12-33)34-21-14-20(19-13-17(28)7-8-22(19)38-16-37-6)30-31-23(21)24(32-34)29-15-27(4,5)36/h7-8,13-14,18,36H,9-12,15-16H2,1-6H3,(H,29,32). The van der Waals surface area contributed by atoms with E-state index in [-0.39, 0.29) is 25.5 Å². The van der Waals surface area contributed by atoms with E-state index in [1.165, 1.54) is 25.3 Å². The summed E-state index contributed by atoms with van der Waals surface area (Å²) in [5, 5.41) is 27.0. The third-order valence-electron chi connectivity index (χ3n) is 6.15. The van der Waals surface area contributed by atoms with Crippen LogP contribution in [0, 0.1) is 5.82 Å². The van der Waals surface area contributed by atoms with Crippen LogP contribution in [0.5, 0.6) is 5.75 Å². The number of aromatic nitrogens is 4. The van der Waals surface area contributed by atoms with Crippen LogP contribution in [0.1, 0.15) is 53.5 Å². The van der Waals surface area contributed by atoms with E-state index >= 15 is 0 Å². The molecule has 1 aliphatic rings. The van der Waals surface area contributed by atoms with Gasteiger partial charge in [-0.3, -0.25) is 4.68 Å². The number of benzene rings is 1. The Morgan fingerprint density at radius 3 is 2.51 bits per heavy atom. The number of hydrogen-bond acceptors (Lipinski definition) is 9. The molecule has 0 aliphatic carbocycles. The van der Waals surface area contributed by atoms with E-state index in [9.17, 15) is 14.3 Å². The molecule has 0 bridgehead atoms. The Labute approximate surface area is 227 Å². The summed E-state index contributed by atoms with van der Waals surface area (Å²) in [5.74, 6) is 0.451. The summed E-state index contributed by atoms with van der Waals surface area (Å²) in [6.07, 6.45) is 0.975. The summed E-state index contributed by atoms with van der Waals surface area (Å²) in [6.45, 7) is 10.2. The Morgan fingerprint density at radius 2 is 1.87 bits per heavy atom. The molecule has 11 nitrogen and oxygen atoms in total. The second-order valence-electron chi connectivity index (χ2n) is 11.3. The van der Waals surface area contributed by atoms with Crippen LogP contribution in [-0.4, -0.2) is 80.8 Å². The Hall–Kier alpha value is -3.51. The van der Waals surface area contributed by atoms with Gasteiger partial charge in [-0.05, 0) is 71.7 Å². The van der Waals surface area contributed by atoms with Crippen LogP contribution in [0.4, 0.5) is 15.0 Å². The molecule has 1 saturated heterocycles. The summed E-state index contributed by atoms with van der Waals surface area (Å²) in [5.41, 5.74) is 0.515. The monoisotopic (exact) mass is 544 g/mol. The van der Waals surface area contributed by atoms with E-state index in [4.69, 9.17) is 19.3 Å². The lowest BCUT2D eigenvalue weighted by Gasteiger charge is -2.33. The van der Waals surface area contributed by atoms with Gasteiger partial charge in [-0.25, -0.2) is 9.18 Å². The second-order valence-corrected chi connectivity index (χ2v) is 11.3. The second kappa shape index (κ2) is 11.3. The molecule has 0 saturated carbocycles. The van der Waals surface area contributed by atoms with Crippen molar-refractivity contribution in [3.63, 3.8) is 0 Å². The van der Waals surface area contributed by atoms with Gasteiger partial charge in [0.25, 0.3) is 0 Å². The van der Waals surface area contributed by atoms with Crippen LogP contribution in [0.15, 0.2) is 24.3 Å². The highest BCUT2D eigenvalue weighted by molar-refractivity contribution is 5.88. The van der Waals surface area contributed by atoms with Crippen molar-refractivity contribution in [3.05, 3.63) is 30.1 Å². The Kier molecular flexibility index (Phi) is 8.26. The highest BCUT2D eigenvalue weighted by Gasteiger charge is 2.30. The molecule has 1 aliphatic heterocycles. The van der Waals surface area contributed by atoms with Gasteiger partial charge in [0, 0.05) is 32.3 Å². The van der Waals surface area contributed by atoms with Crippen LogP contribution < -0.4 is 10.1 Å². The van der Waals surface area contributed by atoms with Gasteiger partial charge in [-0.2, -0.15) is 5.10 Å². The van der Waals surface area contributed by atoms with E-state index in [0.29, 0.717) is 59.8 Å². The Morgan fingerprint density at radius 1 is 1.15 bits per heavy atom. The lowest BCUT2D eigenvalue weighted by molar-refractivity contribution is 0.0186. The third-order valence-corrected chi connectivity index (χ3v) is 6.15. The first-order valence-electron chi connectivity index (χ1n) is 13.0. The van der Waals surface area contributed by atoms with Gasteiger partial charge in [0.15, 0.2) is 18.1 Å². The molecular formula is C27H37FN6O5. The molecule has 212 valence electrons. The fourth-order valence-electron chi connectivity index (χ4n) is 4.33.